The average molecular weight is 349 g/mol. The first-order valence-corrected chi connectivity index (χ1v) is 10.5. The Hall–Kier alpha value is -1.76. The molecule has 3 unspecified atom stereocenters. The first kappa shape index (κ1) is 17.6. The van der Waals surface area contributed by atoms with Crippen LogP contribution < -0.4 is 4.74 Å². The topological polar surface area (TPSA) is 9.23 Å². The lowest BCUT2D eigenvalue weighted by molar-refractivity contribution is 0.247. The van der Waals surface area contributed by atoms with E-state index in [9.17, 15) is 0 Å². The molecule has 1 heterocycles. The van der Waals surface area contributed by atoms with E-state index in [-0.39, 0.29) is 0 Å². The van der Waals surface area contributed by atoms with Crippen molar-refractivity contribution < 1.29 is 4.74 Å². The monoisotopic (exact) mass is 348 g/mol. The standard InChI is InChI=1S/C25H32O/c1-17(2)21-13-14-26-25-16-19(11-12-24(21)25)15-18(3)22-10-6-8-20-7-4-5-9-23(20)22/h4-5,7,9,11-12,16-18,21-22H,6,8,10,13-15H2,1-3H3. The minimum Gasteiger partial charge on any atom is -0.493 e. The number of hydrogen-bond acceptors (Lipinski definition) is 1. The molecule has 0 bridgehead atoms. The summed E-state index contributed by atoms with van der Waals surface area (Å²) >= 11 is 0. The van der Waals surface area contributed by atoms with Gasteiger partial charge < -0.3 is 4.74 Å². The molecule has 0 N–H and O–H groups in total. The van der Waals surface area contributed by atoms with Gasteiger partial charge in [-0.2, -0.15) is 0 Å². The van der Waals surface area contributed by atoms with Crippen molar-refractivity contribution in [1.82, 2.24) is 0 Å². The van der Waals surface area contributed by atoms with E-state index in [2.05, 4.69) is 63.2 Å². The van der Waals surface area contributed by atoms with Gasteiger partial charge in [-0.1, -0.05) is 57.2 Å². The Kier molecular flexibility index (Phi) is 5.07. The molecule has 0 fully saturated rings. The van der Waals surface area contributed by atoms with E-state index >= 15 is 0 Å². The second kappa shape index (κ2) is 7.47. The quantitative estimate of drug-likeness (QED) is 0.612. The zero-order valence-electron chi connectivity index (χ0n) is 16.5. The molecule has 138 valence electrons. The van der Waals surface area contributed by atoms with Gasteiger partial charge in [-0.15, -0.1) is 0 Å². The molecule has 1 nitrogen and oxygen atoms in total. The van der Waals surface area contributed by atoms with Crippen molar-refractivity contribution in [2.75, 3.05) is 6.61 Å². The number of hydrogen-bond donors (Lipinski definition) is 0. The van der Waals surface area contributed by atoms with E-state index in [1.54, 1.807) is 11.1 Å². The Morgan fingerprint density at radius 2 is 1.81 bits per heavy atom. The second-order valence-electron chi connectivity index (χ2n) is 8.74. The molecule has 1 aliphatic carbocycles. The van der Waals surface area contributed by atoms with Crippen LogP contribution in [0.4, 0.5) is 0 Å². The van der Waals surface area contributed by atoms with E-state index in [0.29, 0.717) is 23.7 Å². The lowest BCUT2D eigenvalue weighted by atomic mass is 9.74. The molecule has 0 saturated carbocycles. The molecule has 4 rings (SSSR count). The summed E-state index contributed by atoms with van der Waals surface area (Å²) in [6.45, 7) is 7.96. The molecule has 26 heavy (non-hydrogen) atoms. The highest BCUT2D eigenvalue weighted by Crippen LogP contribution is 2.41. The van der Waals surface area contributed by atoms with Crippen LogP contribution in [0.2, 0.25) is 0 Å². The van der Waals surface area contributed by atoms with Crippen LogP contribution in [0.1, 0.15) is 74.1 Å². The van der Waals surface area contributed by atoms with E-state index < -0.39 is 0 Å². The maximum absolute atomic E-state index is 6.03. The highest BCUT2D eigenvalue weighted by molar-refractivity contribution is 5.42. The van der Waals surface area contributed by atoms with Crippen LogP contribution in [0.25, 0.3) is 0 Å². The summed E-state index contributed by atoms with van der Waals surface area (Å²) in [7, 11) is 0. The smallest absolute Gasteiger partial charge is 0.123 e. The van der Waals surface area contributed by atoms with Crippen LogP contribution in [-0.4, -0.2) is 6.61 Å². The minimum absolute atomic E-state index is 0.649. The third-order valence-corrected chi connectivity index (χ3v) is 6.63. The van der Waals surface area contributed by atoms with E-state index in [1.165, 1.54) is 30.4 Å². The SMILES string of the molecule is CC(C)C1CCOc2cc(CC(C)C3CCCc4ccccc43)ccc21. The fourth-order valence-corrected chi connectivity index (χ4v) is 5.18. The van der Waals surface area contributed by atoms with Crippen molar-refractivity contribution >= 4 is 0 Å². The molecule has 2 aliphatic rings. The lowest BCUT2D eigenvalue weighted by Crippen LogP contribution is -2.20. The van der Waals surface area contributed by atoms with Gasteiger partial charge >= 0.3 is 0 Å². The van der Waals surface area contributed by atoms with Crippen molar-refractivity contribution in [2.45, 2.75) is 64.7 Å². The Morgan fingerprint density at radius 3 is 2.65 bits per heavy atom. The van der Waals surface area contributed by atoms with Gasteiger partial charge in [-0.3, -0.25) is 0 Å². The highest BCUT2D eigenvalue weighted by Gasteiger charge is 2.27. The molecule has 0 aromatic heterocycles. The largest absolute Gasteiger partial charge is 0.493 e. The molecule has 2 aromatic carbocycles. The van der Waals surface area contributed by atoms with Crippen molar-refractivity contribution in [1.29, 1.82) is 0 Å². The van der Waals surface area contributed by atoms with Gasteiger partial charge in [0.25, 0.3) is 0 Å². The number of benzene rings is 2. The number of fused-ring (bicyclic) bond motifs is 2. The predicted molar refractivity (Wildman–Crippen MR) is 109 cm³/mol. The van der Waals surface area contributed by atoms with Crippen molar-refractivity contribution in [3.05, 3.63) is 64.7 Å². The molecule has 3 atom stereocenters. The Bertz CT molecular complexity index is 760. The molecule has 0 amide bonds. The maximum Gasteiger partial charge on any atom is 0.123 e. The fraction of sp³-hybridized carbons (Fsp3) is 0.520. The zero-order valence-corrected chi connectivity index (χ0v) is 16.5. The van der Waals surface area contributed by atoms with Gasteiger partial charge in [-0.05, 0) is 84.1 Å². The van der Waals surface area contributed by atoms with Crippen LogP contribution in [-0.2, 0) is 12.8 Å². The van der Waals surface area contributed by atoms with Gasteiger partial charge in [0.2, 0.25) is 0 Å². The third-order valence-electron chi connectivity index (χ3n) is 6.63. The van der Waals surface area contributed by atoms with Crippen LogP contribution in [0, 0.1) is 11.8 Å². The van der Waals surface area contributed by atoms with Crippen LogP contribution >= 0.6 is 0 Å². The van der Waals surface area contributed by atoms with Gasteiger partial charge in [0.15, 0.2) is 0 Å². The van der Waals surface area contributed by atoms with Gasteiger partial charge in [0, 0.05) is 0 Å². The molecular weight excluding hydrogens is 316 g/mol. The zero-order chi connectivity index (χ0) is 18.1. The summed E-state index contributed by atoms with van der Waals surface area (Å²) in [6.07, 6.45) is 6.20. The van der Waals surface area contributed by atoms with E-state index in [1.807, 2.05) is 0 Å². The first-order valence-electron chi connectivity index (χ1n) is 10.5. The minimum atomic E-state index is 0.649. The van der Waals surface area contributed by atoms with Crippen LogP contribution in [0.15, 0.2) is 42.5 Å². The fourth-order valence-electron chi connectivity index (χ4n) is 5.18. The maximum atomic E-state index is 6.03. The van der Waals surface area contributed by atoms with Crippen LogP contribution in [0.5, 0.6) is 5.75 Å². The van der Waals surface area contributed by atoms with Gasteiger partial charge in [0.1, 0.15) is 5.75 Å². The molecule has 0 spiro atoms. The highest BCUT2D eigenvalue weighted by atomic mass is 16.5. The summed E-state index contributed by atoms with van der Waals surface area (Å²) in [5.74, 6) is 3.83. The molecule has 0 radical (unpaired) electrons. The lowest BCUT2D eigenvalue weighted by Gasteiger charge is -2.31. The Balaban J connectivity index is 1.53. The first-order chi connectivity index (χ1) is 12.6. The predicted octanol–water partition coefficient (Wildman–Crippen LogP) is 6.51. The molecule has 1 heteroatoms. The Morgan fingerprint density at radius 1 is 0.962 bits per heavy atom. The molecule has 1 aliphatic heterocycles. The summed E-state index contributed by atoms with van der Waals surface area (Å²) in [6, 6.07) is 16.1. The van der Waals surface area contributed by atoms with Crippen molar-refractivity contribution in [3.63, 3.8) is 0 Å². The number of ether oxygens (including phenoxy) is 1. The van der Waals surface area contributed by atoms with Crippen molar-refractivity contribution in [2.24, 2.45) is 11.8 Å². The van der Waals surface area contributed by atoms with Crippen LogP contribution in [0.3, 0.4) is 0 Å². The third kappa shape index (κ3) is 3.41. The summed E-state index contributed by atoms with van der Waals surface area (Å²) in [5, 5.41) is 0. The normalized spacial score (nSPS) is 23.1. The average Bonchev–Trinajstić information content (AvgIpc) is 2.66. The van der Waals surface area contributed by atoms with E-state index in [0.717, 1.165) is 25.2 Å². The summed E-state index contributed by atoms with van der Waals surface area (Å²) in [5.41, 5.74) is 6.03. The molecule has 2 aromatic rings. The number of rotatable bonds is 4. The summed E-state index contributed by atoms with van der Waals surface area (Å²) in [4.78, 5) is 0. The Labute approximate surface area is 158 Å². The summed E-state index contributed by atoms with van der Waals surface area (Å²) < 4.78 is 6.03. The van der Waals surface area contributed by atoms with Crippen molar-refractivity contribution in [3.8, 4) is 5.75 Å². The second-order valence-corrected chi connectivity index (χ2v) is 8.74. The molecule has 0 saturated heterocycles. The van der Waals surface area contributed by atoms with Gasteiger partial charge in [-0.25, -0.2) is 0 Å². The van der Waals surface area contributed by atoms with Gasteiger partial charge in [0.05, 0.1) is 6.61 Å². The molecular formula is C25H32O. The van der Waals surface area contributed by atoms with E-state index in [4.69, 9.17) is 4.74 Å². The number of aryl methyl sites for hydroxylation is 1.